The first kappa shape index (κ1) is 13.1. The number of nitrogens with zero attached hydrogens (tertiary/aromatic N) is 3. The highest BCUT2D eigenvalue weighted by Crippen LogP contribution is 2.31. The standard InChI is InChI=1S/C14H13ClN4S/c1-10(13-8-16-9-20-13)18-12-5-2-4-11(15)14(12)19-7-3-6-17-19/h2-10,18H,1H3. The molecule has 0 saturated heterocycles. The Balaban J connectivity index is 1.96. The molecule has 20 heavy (non-hydrogen) atoms. The summed E-state index contributed by atoms with van der Waals surface area (Å²) in [6.07, 6.45) is 5.49. The van der Waals surface area contributed by atoms with E-state index in [1.165, 1.54) is 4.88 Å². The molecule has 0 spiro atoms. The van der Waals surface area contributed by atoms with Crippen LogP contribution in [0.25, 0.3) is 5.69 Å². The van der Waals surface area contributed by atoms with Crippen LogP contribution in [0, 0.1) is 0 Å². The van der Waals surface area contributed by atoms with Crippen molar-refractivity contribution in [2.75, 3.05) is 5.32 Å². The Morgan fingerprint density at radius 3 is 2.95 bits per heavy atom. The third-order valence-electron chi connectivity index (χ3n) is 2.97. The fourth-order valence-corrected chi connectivity index (χ4v) is 2.90. The van der Waals surface area contributed by atoms with E-state index in [9.17, 15) is 0 Å². The normalized spacial score (nSPS) is 12.3. The number of anilines is 1. The van der Waals surface area contributed by atoms with Gasteiger partial charge in [-0.1, -0.05) is 17.7 Å². The zero-order valence-corrected chi connectivity index (χ0v) is 12.4. The molecule has 0 saturated carbocycles. The van der Waals surface area contributed by atoms with E-state index < -0.39 is 0 Å². The number of hydrogen-bond donors (Lipinski definition) is 1. The molecule has 1 N–H and O–H groups in total. The quantitative estimate of drug-likeness (QED) is 0.787. The van der Waals surface area contributed by atoms with Gasteiger partial charge in [-0.25, -0.2) is 4.68 Å². The minimum absolute atomic E-state index is 0.162. The van der Waals surface area contributed by atoms with Crippen LogP contribution in [-0.2, 0) is 0 Å². The van der Waals surface area contributed by atoms with Gasteiger partial charge >= 0.3 is 0 Å². The molecular formula is C14H13ClN4S. The Morgan fingerprint density at radius 2 is 2.25 bits per heavy atom. The van der Waals surface area contributed by atoms with E-state index in [1.54, 1.807) is 22.2 Å². The summed E-state index contributed by atoms with van der Waals surface area (Å²) in [5.74, 6) is 0. The number of para-hydroxylation sites is 1. The first-order chi connectivity index (χ1) is 9.75. The highest BCUT2D eigenvalue weighted by Gasteiger charge is 2.13. The molecular weight excluding hydrogens is 292 g/mol. The van der Waals surface area contributed by atoms with Crippen LogP contribution in [0.3, 0.4) is 0 Å². The van der Waals surface area contributed by atoms with E-state index in [0.29, 0.717) is 5.02 Å². The maximum absolute atomic E-state index is 6.32. The van der Waals surface area contributed by atoms with Crippen LogP contribution < -0.4 is 5.32 Å². The van der Waals surface area contributed by atoms with Crippen molar-refractivity contribution in [2.24, 2.45) is 0 Å². The van der Waals surface area contributed by atoms with Crippen molar-refractivity contribution in [1.82, 2.24) is 14.8 Å². The van der Waals surface area contributed by atoms with Crippen LogP contribution in [0.5, 0.6) is 0 Å². The van der Waals surface area contributed by atoms with E-state index in [1.807, 2.05) is 42.2 Å². The van der Waals surface area contributed by atoms with Gasteiger partial charge in [0.25, 0.3) is 0 Å². The molecule has 0 aliphatic rings. The smallest absolute Gasteiger partial charge is 0.106 e. The lowest BCUT2D eigenvalue weighted by Crippen LogP contribution is -2.09. The molecule has 1 aromatic carbocycles. The van der Waals surface area contributed by atoms with Crippen molar-refractivity contribution in [3.05, 3.63) is 58.3 Å². The van der Waals surface area contributed by atoms with Gasteiger partial charge in [-0.2, -0.15) is 5.10 Å². The van der Waals surface area contributed by atoms with Crippen LogP contribution in [0.4, 0.5) is 5.69 Å². The third kappa shape index (κ3) is 2.55. The van der Waals surface area contributed by atoms with Gasteiger partial charge in [0.2, 0.25) is 0 Å². The van der Waals surface area contributed by atoms with Gasteiger partial charge in [0.05, 0.1) is 22.3 Å². The lowest BCUT2D eigenvalue weighted by atomic mass is 10.2. The van der Waals surface area contributed by atoms with Crippen molar-refractivity contribution < 1.29 is 0 Å². The SMILES string of the molecule is CC(Nc1cccc(Cl)c1-n1cccn1)c1cncs1. The van der Waals surface area contributed by atoms with Crippen LogP contribution in [0.15, 0.2) is 48.4 Å². The fraction of sp³-hybridized carbons (Fsp3) is 0.143. The summed E-state index contributed by atoms with van der Waals surface area (Å²) in [7, 11) is 0. The largest absolute Gasteiger partial charge is 0.376 e. The van der Waals surface area contributed by atoms with Crippen molar-refractivity contribution in [1.29, 1.82) is 0 Å². The van der Waals surface area contributed by atoms with Crippen LogP contribution in [0.2, 0.25) is 5.02 Å². The molecule has 0 bridgehead atoms. The van der Waals surface area contributed by atoms with Crippen LogP contribution >= 0.6 is 22.9 Å². The Bertz CT molecular complexity index is 679. The molecule has 0 aliphatic heterocycles. The van der Waals surface area contributed by atoms with Crippen molar-refractivity contribution in [3.63, 3.8) is 0 Å². The Labute approximate surface area is 126 Å². The van der Waals surface area contributed by atoms with Crippen LogP contribution in [0.1, 0.15) is 17.8 Å². The van der Waals surface area contributed by atoms with Gasteiger partial charge in [0, 0.05) is 23.5 Å². The van der Waals surface area contributed by atoms with Crippen molar-refractivity contribution >= 4 is 28.6 Å². The molecule has 102 valence electrons. The predicted molar refractivity (Wildman–Crippen MR) is 82.7 cm³/mol. The Kier molecular flexibility index (Phi) is 3.71. The number of hydrogen-bond acceptors (Lipinski definition) is 4. The van der Waals surface area contributed by atoms with Gasteiger partial charge < -0.3 is 5.32 Å². The fourth-order valence-electron chi connectivity index (χ4n) is 2.01. The zero-order chi connectivity index (χ0) is 13.9. The van der Waals surface area contributed by atoms with Gasteiger partial charge in [0.15, 0.2) is 0 Å². The van der Waals surface area contributed by atoms with E-state index in [0.717, 1.165) is 11.4 Å². The molecule has 6 heteroatoms. The molecule has 1 unspecified atom stereocenters. The average molecular weight is 305 g/mol. The van der Waals surface area contributed by atoms with E-state index >= 15 is 0 Å². The van der Waals surface area contributed by atoms with E-state index in [2.05, 4.69) is 22.3 Å². The number of aromatic nitrogens is 3. The average Bonchev–Trinajstić information content (AvgIpc) is 3.12. The second-order valence-corrected chi connectivity index (χ2v) is 5.68. The lowest BCUT2D eigenvalue weighted by Gasteiger charge is -2.17. The maximum atomic E-state index is 6.32. The van der Waals surface area contributed by atoms with Crippen LogP contribution in [-0.4, -0.2) is 14.8 Å². The Morgan fingerprint density at radius 1 is 1.35 bits per heavy atom. The first-order valence-electron chi connectivity index (χ1n) is 6.19. The molecule has 4 nitrogen and oxygen atoms in total. The van der Waals surface area contributed by atoms with Crippen molar-refractivity contribution in [3.8, 4) is 5.69 Å². The molecule has 0 fully saturated rings. The van der Waals surface area contributed by atoms with E-state index in [-0.39, 0.29) is 6.04 Å². The zero-order valence-electron chi connectivity index (χ0n) is 10.8. The monoisotopic (exact) mass is 304 g/mol. The third-order valence-corrected chi connectivity index (χ3v) is 4.23. The molecule has 0 radical (unpaired) electrons. The molecule has 0 aliphatic carbocycles. The van der Waals surface area contributed by atoms with Gasteiger partial charge in [-0.15, -0.1) is 11.3 Å². The minimum atomic E-state index is 0.162. The second-order valence-electron chi connectivity index (χ2n) is 4.36. The minimum Gasteiger partial charge on any atom is -0.376 e. The molecule has 3 aromatic rings. The highest BCUT2D eigenvalue weighted by molar-refractivity contribution is 7.09. The van der Waals surface area contributed by atoms with Crippen molar-refractivity contribution in [2.45, 2.75) is 13.0 Å². The molecule has 1 atom stereocenters. The number of rotatable bonds is 4. The van der Waals surface area contributed by atoms with Gasteiger partial charge in [-0.05, 0) is 25.1 Å². The number of halogens is 1. The number of nitrogens with one attached hydrogen (secondary N) is 1. The first-order valence-corrected chi connectivity index (χ1v) is 7.45. The molecule has 3 rings (SSSR count). The summed E-state index contributed by atoms with van der Waals surface area (Å²) in [6, 6.07) is 7.83. The molecule has 0 amide bonds. The molecule has 2 aromatic heterocycles. The number of thiazole rings is 1. The second kappa shape index (κ2) is 5.64. The summed E-state index contributed by atoms with van der Waals surface area (Å²) in [4.78, 5) is 5.29. The van der Waals surface area contributed by atoms with E-state index in [4.69, 9.17) is 11.6 Å². The summed E-state index contributed by atoms with van der Waals surface area (Å²) in [6.45, 7) is 2.10. The lowest BCUT2D eigenvalue weighted by molar-refractivity contribution is 0.860. The summed E-state index contributed by atoms with van der Waals surface area (Å²) in [5.41, 5.74) is 3.64. The predicted octanol–water partition coefficient (Wildman–Crippen LogP) is 4.16. The maximum Gasteiger partial charge on any atom is 0.106 e. The van der Waals surface area contributed by atoms with Gasteiger partial charge in [-0.3, -0.25) is 4.98 Å². The Hall–Kier alpha value is -1.85. The summed E-state index contributed by atoms with van der Waals surface area (Å²) in [5, 5.41) is 8.39. The highest BCUT2D eigenvalue weighted by atomic mass is 35.5. The molecule has 2 heterocycles. The summed E-state index contributed by atoms with van der Waals surface area (Å²) < 4.78 is 1.77. The number of benzene rings is 1. The van der Waals surface area contributed by atoms with Gasteiger partial charge in [0.1, 0.15) is 5.69 Å². The topological polar surface area (TPSA) is 42.7 Å². The summed E-state index contributed by atoms with van der Waals surface area (Å²) >= 11 is 7.95.